The lowest BCUT2D eigenvalue weighted by Gasteiger charge is -2.31. The van der Waals surface area contributed by atoms with E-state index in [0.29, 0.717) is 35.9 Å². The van der Waals surface area contributed by atoms with Crippen LogP contribution in [-0.2, 0) is 11.4 Å². The van der Waals surface area contributed by atoms with Gasteiger partial charge in [0.2, 0.25) is 0 Å². The smallest absolute Gasteiger partial charge is 0.489 e. The van der Waals surface area contributed by atoms with Crippen LogP contribution in [0, 0.1) is 5.92 Å². The third-order valence-electron chi connectivity index (χ3n) is 7.20. The Morgan fingerprint density at radius 1 is 0.905 bits per heavy atom. The SMILES string of the molecule is CCN(Nc1ccc(OC(F)(F)F)cc1)C(=O)C(CC1CCCCC1)NC(=O)c1ccc(OCc2ccccc2)cc1. The number of halogens is 3. The van der Waals surface area contributed by atoms with Gasteiger partial charge in [0.25, 0.3) is 11.8 Å². The summed E-state index contributed by atoms with van der Waals surface area (Å²) < 4.78 is 47.3. The molecule has 1 unspecified atom stereocenters. The first-order chi connectivity index (χ1) is 20.2. The Bertz CT molecular complexity index is 1280. The fourth-order valence-electron chi connectivity index (χ4n) is 5.03. The summed E-state index contributed by atoms with van der Waals surface area (Å²) in [6.45, 7) is 2.45. The Balaban J connectivity index is 1.42. The molecule has 3 aromatic rings. The monoisotopic (exact) mass is 583 g/mol. The standard InChI is InChI=1S/C32H36F3N3O4/c1-2-38(37-26-15-19-28(20-16-26)42-32(33,34)35)31(40)29(21-23-9-5-3-6-10-23)36-30(39)25-13-17-27(18-14-25)41-22-24-11-7-4-8-12-24/h4,7-8,11-20,23,29,37H,2-3,5-6,9-10,21-22H2,1H3,(H,36,39). The number of hydrogen-bond acceptors (Lipinski definition) is 5. The molecule has 4 rings (SSSR count). The van der Waals surface area contributed by atoms with E-state index in [1.807, 2.05) is 30.3 Å². The molecule has 0 saturated heterocycles. The zero-order valence-corrected chi connectivity index (χ0v) is 23.5. The normalized spacial score (nSPS) is 14.5. The van der Waals surface area contributed by atoms with Crippen molar-refractivity contribution < 1.29 is 32.2 Å². The van der Waals surface area contributed by atoms with Gasteiger partial charge >= 0.3 is 6.36 Å². The minimum atomic E-state index is -4.79. The summed E-state index contributed by atoms with van der Waals surface area (Å²) in [4.78, 5) is 27.0. The van der Waals surface area contributed by atoms with Crippen LogP contribution in [0.15, 0.2) is 78.9 Å². The van der Waals surface area contributed by atoms with Gasteiger partial charge in [0.05, 0.1) is 5.69 Å². The molecule has 42 heavy (non-hydrogen) atoms. The first-order valence-electron chi connectivity index (χ1n) is 14.2. The van der Waals surface area contributed by atoms with Crippen LogP contribution in [0.2, 0.25) is 0 Å². The lowest BCUT2D eigenvalue weighted by atomic mass is 9.84. The van der Waals surface area contributed by atoms with E-state index in [1.165, 1.54) is 29.3 Å². The van der Waals surface area contributed by atoms with E-state index >= 15 is 0 Å². The molecule has 1 aliphatic carbocycles. The summed E-state index contributed by atoms with van der Waals surface area (Å²) in [5.74, 6) is -0.128. The molecule has 0 heterocycles. The van der Waals surface area contributed by atoms with Gasteiger partial charge in [0, 0.05) is 12.1 Å². The molecule has 1 fully saturated rings. The minimum Gasteiger partial charge on any atom is -0.489 e. The predicted octanol–water partition coefficient (Wildman–Crippen LogP) is 7.11. The highest BCUT2D eigenvalue weighted by atomic mass is 19.4. The second-order valence-corrected chi connectivity index (χ2v) is 10.3. The molecular formula is C32H36F3N3O4. The van der Waals surface area contributed by atoms with Crippen LogP contribution in [-0.4, -0.2) is 35.8 Å². The van der Waals surface area contributed by atoms with Gasteiger partial charge in [-0.05, 0) is 73.4 Å². The second kappa shape index (κ2) is 14.6. The number of anilines is 1. The summed E-state index contributed by atoms with van der Waals surface area (Å²) in [5, 5.41) is 4.31. The number of nitrogens with zero attached hydrogens (tertiary/aromatic N) is 1. The topological polar surface area (TPSA) is 79.9 Å². The summed E-state index contributed by atoms with van der Waals surface area (Å²) >= 11 is 0. The van der Waals surface area contributed by atoms with E-state index < -0.39 is 12.4 Å². The minimum absolute atomic E-state index is 0.268. The van der Waals surface area contributed by atoms with Crippen molar-refractivity contribution in [2.24, 2.45) is 5.92 Å². The Morgan fingerprint density at radius 2 is 1.55 bits per heavy atom. The van der Waals surface area contributed by atoms with E-state index in [4.69, 9.17) is 4.74 Å². The third kappa shape index (κ3) is 9.43. The van der Waals surface area contributed by atoms with Gasteiger partial charge in [-0.1, -0.05) is 62.4 Å². The first kappa shape index (κ1) is 30.7. The molecule has 10 heteroatoms. The van der Waals surface area contributed by atoms with Crippen LogP contribution in [0.3, 0.4) is 0 Å². The predicted molar refractivity (Wildman–Crippen MR) is 154 cm³/mol. The van der Waals surface area contributed by atoms with Crippen molar-refractivity contribution in [3.63, 3.8) is 0 Å². The number of carbonyl (C=O) groups is 2. The second-order valence-electron chi connectivity index (χ2n) is 10.3. The number of alkyl halides is 3. The highest BCUT2D eigenvalue weighted by Gasteiger charge is 2.31. The largest absolute Gasteiger partial charge is 0.573 e. The third-order valence-corrected chi connectivity index (χ3v) is 7.20. The van der Waals surface area contributed by atoms with Crippen molar-refractivity contribution in [1.29, 1.82) is 0 Å². The zero-order valence-electron chi connectivity index (χ0n) is 23.5. The molecular weight excluding hydrogens is 547 g/mol. The number of hydrogen-bond donors (Lipinski definition) is 2. The number of likely N-dealkylation sites (N-methyl/N-ethyl adjacent to an activating group) is 1. The fraction of sp³-hybridized carbons (Fsp3) is 0.375. The summed E-state index contributed by atoms with van der Waals surface area (Å²) in [6.07, 6.45) is 1.04. The number of benzene rings is 3. The van der Waals surface area contributed by atoms with Crippen molar-refractivity contribution in [2.75, 3.05) is 12.0 Å². The van der Waals surface area contributed by atoms with Crippen LogP contribution >= 0.6 is 0 Å². The van der Waals surface area contributed by atoms with E-state index in [9.17, 15) is 22.8 Å². The van der Waals surface area contributed by atoms with Crippen LogP contribution < -0.4 is 20.2 Å². The van der Waals surface area contributed by atoms with Gasteiger partial charge < -0.3 is 14.8 Å². The van der Waals surface area contributed by atoms with E-state index in [0.717, 1.165) is 37.7 Å². The van der Waals surface area contributed by atoms with Crippen LogP contribution in [0.4, 0.5) is 18.9 Å². The maximum Gasteiger partial charge on any atom is 0.573 e. The molecule has 0 radical (unpaired) electrons. The van der Waals surface area contributed by atoms with E-state index in [1.54, 1.807) is 31.2 Å². The Morgan fingerprint density at radius 3 is 2.17 bits per heavy atom. The van der Waals surface area contributed by atoms with Gasteiger partial charge in [-0.15, -0.1) is 13.2 Å². The molecule has 3 aromatic carbocycles. The molecule has 224 valence electrons. The molecule has 0 aromatic heterocycles. The summed E-state index contributed by atoms with van der Waals surface area (Å²) in [6, 6.07) is 20.9. The fourth-order valence-corrected chi connectivity index (χ4v) is 5.03. The molecule has 2 amide bonds. The number of ether oxygens (including phenoxy) is 2. The van der Waals surface area contributed by atoms with Gasteiger partial charge in [0.1, 0.15) is 24.1 Å². The Kier molecular flexibility index (Phi) is 10.7. The molecule has 1 atom stereocenters. The Labute approximate surface area is 244 Å². The van der Waals surface area contributed by atoms with Gasteiger partial charge in [0.15, 0.2) is 0 Å². The number of rotatable bonds is 12. The summed E-state index contributed by atoms with van der Waals surface area (Å²) in [7, 11) is 0. The number of nitrogens with one attached hydrogen (secondary N) is 2. The number of carbonyl (C=O) groups excluding carboxylic acids is 2. The molecule has 2 N–H and O–H groups in total. The van der Waals surface area contributed by atoms with Crippen molar-refractivity contribution in [2.45, 2.75) is 64.5 Å². The van der Waals surface area contributed by atoms with Crippen molar-refractivity contribution >= 4 is 17.5 Å². The molecule has 1 aliphatic rings. The molecule has 7 nitrogen and oxygen atoms in total. The zero-order chi connectivity index (χ0) is 30.0. The molecule has 0 spiro atoms. The number of amides is 2. The van der Waals surface area contributed by atoms with Crippen LogP contribution in [0.1, 0.15) is 61.4 Å². The van der Waals surface area contributed by atoms with E-state index in [-0.39, 0.29) is 24.1 Å². The van der Waals surface area contributed by atoms with Crippen LogP contribution in [0.25, 0.3) is 0 Å². The summed E-state index contributed by atoms with van der Waals surface area (Å²) in [5.41, 5.74) is 4.81. The maximum absolute atomic E-state index is 13.7. The molecule has 1 saturated carbocycles. The highest BCUT2D eigenvalue weighted by Crippen LogP contribution is 2.28. The Hall–Kier alpha value is -4.21. The maximum atomic E-state index is 13.7. The van der Waals surface area contributed by atoms with Crippen LogP contribution in [0.5, 0.6) is 11.5 Å². The van der Waals surface area contributed by atoms with Crippen molar-refractivity contribution in [3.8, 4) is 11.5 Å². The lowest BCUT2D eigenvalue weighted by Crippen LogP contribution is -2.51. The average Bonchev–Trinajstić information content (AvgIpc) is 2.99. The van der Waals surface area contributed by atoms with Crippen molar-refractivity contribution in [1.82, 2.24) is 10.3 Å². The molecule has 0 bridgehead atoms. The first-order valence-corrected chi connectivity index (χ1v) is 14.2. The number of hydrazine groups is 1. The lowest BCUT2D eigenvalue weighted by molar-refractivity contribution is -0.274. The molecule has 0 aliphatic heterocycles. The van der Waals surface area contributed by atoms with Gasteiger partial charge in [-0.2, -0.15) is 0 Å². The van der Waals surface area contributed by atoms with E-state index in [2.05, 4.69) is 15.5 Å². The quantitative estimate of drug-likeness (QED) is 0.222. The average molecular weight is 584 g/mol. The van der Waals surface area contributed by atoms with Gasteiger partial charge in [-0.3, -0.25) is 20.0 Å². The highest BCUT2D eigenvalue weighted by molar-refractivity contribution is 5.97. The van der Waals surface area contributed by atoms with Crippen molar-refractivity contribution in [3.05, 3.63) is 90.0 Å². The van der Waals surface area contributed by atoms with Gasteiger partial charge in [-0.25, -0.2) is 0 Å².